The number of carbonyl (C=O) groups excluding carboxylic acids is 1. The molecule has 3 rings (SSSR count). The Hall–Kier alpha value is -2.29. The van der Waals surface area contributed by atoms with Crippen LogP contribution in [-0.4, -0.2) is 19.6 Å². The Kier molecular flexibility index (Phi) is 3.42. The molecule has 0 fully saturated rings. The minimum Gasteiger partial charge on any atom is -0.465 e. The fourth-order valence-electron chi connectivity index (χ4n) is 2.60. The molecule has 3 nitrogen and oxygen atoms in total. The van der Waals surface area contributed by atoms with Gasteiger partial charge in [-0.05, 0) is 53.8 Å². The quantitative estimate of drug-likeness (QED) is 0.846. The van der Waals surface area contributed by atoms with E-state index in [0.29, 0.717) is 5.56 Å². The number of fused-ring (bicyclic) bond motifs is 1. The van der Waals surface area contributed by atoms with Crippen LogP contribution >= 0.6 is 0 Å². The summed E-state index contributed by atoms with van der Waals surface area (Å²) in [6, 6.07) is 14.0. The topological polar surface area (TPSA) is 38.3 Å². The highest BCUT2D eigenvalue weighted by Crippen LogP contribution is 2.28. The van der Waals surface area contributed by atoms with Gasteiger partial charge in [-0.25, -0.2) is 4.79 Å². The van der Waals surface area contributed by atoms with Crippen molar-refractivity contribution in [1.82, 2.24) is 0 Å². The zero-order chi connectivity index (χ0) is 13.9. The van der Waals surface area contributed by atoms with Crippen molar-refractivity contribution in [3.63, 3.8) is 0 Å². The molecule has 0 atom stereocenters. The lowest BCUT2D eigenvalue weighted by Crippen LogP contribution is -2.11. The summed E-state index contributed by atoms with van der Waals surface area (Å²) >= 11 is 0. The van der Waals surface area contributed by atoms with Gasteiger partial charge in [0, 0.05) is 12.2 Å². The third kappa shape index (κ3) is 2.39. The lowest BCUT2D eigenvalue weighted by molar-refractivity contribution is 0.0601. The molecule has 1 N–H and O–H groups in total. The van der Waals surface area contributed by atoms with Crippen LogP contribution in [0.25, 0.3) is 11.1 Å². The van der Waals surface area contributed by atoms with Gasteiger partial charge in [-0.15, -0.1) is 0 Å². The van der Waals surface area contributed by atoms with Crippen LogP contribution in [0.5, 0.6) is 0 Å². The Morgan fingerprint density at radius 3 is 2.85 bits per heavy atom. The summed E-state index contributed by atoms with van der Waals surface area (Å²) in [6.07, 6.45) is 2.27. The number of ether oxygens (including phenoxy) is 1. The number of methoxy groups -OCH3 is 1. The predicted octanol–water partition coefficient (Wildman–Crippen LogP) is 3.50. The highest BCUT2D eigenvalue weighted by Gasteiger charge is 2.11. The average molecular weight is 267 g/mol. The monoisotopic (exact) mass is 267 g/mol. The van der Waals surface area contributed by atoms with E-state index < -0.39 is 0 Å². The smallest absolute Gasteiger partial charge is 0.337 e. The van der Waals surface area contributed by atoms with E-state index in [1.54, 1.807) is 6.07 Å². The fourth-order valence-corrected chi connectivity index (χ4v) is 2.60. The second-order valence-electron chi connectivity index (χ2n) is 4.97. The maximum Gasteiger partial charge on any atom is 0.337 e. The molecule has 0 radical (unpaired) electrons. The summed E-state index contributed by atoms with van der Waals surface area (Å²) < 4.78 is 4.77. The Morgan fingerprint density at radius 2 is 2.00 bits per heavy atom. The van der Waals surface area contributed by atoms with Crippen LogP contribution in [0.3, 0.4) is 0 Å². The minimum atomic E-state index is -0.300. The van der Waals surface area contributed by atoms with Gasteiger partial charge in [0.05, 0.1) is 12.7 Å². The standard InChI is InChI=1S/C17H17NO2/c1-20-17(19)15-5-2-4-12(11-15)13-7-8-16-14(10-13)6-3-9-18-16/h2,4-5,7-8,10-11,18H,3,6,9H2,1H3. The molecule has 2 aromatic rings. The van der Waals surface area contributed by atoms with Crippen molar-refractivity contribution in [2.24, 2.45) is 0 Å². The summed E-state index contributed by atoms with van der Waals surface area (Å²) in [5, 5.41) is 3.41. The van der Waals surface area contributed by atoms with Gasteiger partial charge in [0.2, 0.25) is 0 Å². The summed E-state index contributed by atoms with van der Waals surface area (Å²) in [5.74, 6) is -0.300. The summed E-state index contributed by atoms with van der Waals surface area (Å²) in [6.45, 7) is 1.05. The number of anilines is 1. The van der Waals surface area contributed by atoms with Crippen molar-refractivity contribution in [2.45, 2.75) is 12.8 Å². The van der Waals surface area contributed by atoms with E-state index in [1.807, 2.05) is 18.2 Å². The van der Waals surface area contributed by atoms with E-state index in [4.69, 9.17) is 4.74 Å². The Morgan fingerprint density at radius 1 is 1.15 bits per heavy atom. The second kappa shape index (κ2) is 5.37. The molecule has 1 heterocycles. The van der Waals surface area contributed by atoms with Gasteiger partial charge >= 0.3 is 5.97 Å². The van der Waals surface area contributed by atoms with E-state index in [9.17, 15) is 4.79 Å². The molecule has 0 aliphatic carbocycles. The maximum atomic E-state index is 11.6. The molecule has 0 spiro atoms. The minimum absolute atomic E-state index is 0.300. The lowest BCUT2D eigenvalue weighted by atomic mass is 9.96. The van der Waals surface area contributed by atoms with Crippen LogP contribution in [0.15, 0.2) is 42.5 Å². The van der Waals surface area contributed by atoms with Crippen LogP contribution in [0.4, 0.5) is 5.69 Å². The number of carbonyl (C=O) groups is 1. The molecule has 102 valence electrons. The zero-order valence-corrected chi connectivity index (χ0v) is 11.5. The first-order chi connectivity index (χ1) is 9.78. The number of rotatable bonds is 2. The van der Waals surface area contributed by atoms with Gasteiger partial charge in [0.15, 0.2) is 0 Å². The Bertz CT molecular complexity index is 649. The molecule has 1 aliphatic rings. The number of aryl methyl sites for hydroxylation is 1. The van der Waals surface area contributed by atoms with Crippen molar-refractivity contribution in [1.29, 1.82) is 0 Å². The van der Waals surface area contributed by atoms with E-state index in [-0.39, 0.29) is 5.97 Å². The SMILES string of the molecule is COC(=O)c1cccc(-c2ccc3c(c2)CCCN3)c1. The van der Waals surface area contributed by atoms with E-state index in [2.05, 4.69) is 23.5 Å². The predicted molar refractivity (Wildman–Crippen MR) is 80.0 cm³/mol. The first-order valence-corrected chi connectivity index (χ1v) is 6.83. The maximum absolute atomic E-state index is 11.6. The summed E-state index contributed by atoms with van der Waals surface area (Å²) in [7, 11) is 1.40. The van der Waals surface area contributed by atoms with Gasteiger partial charge in [-0.3, -0.25) is 0 Å². The van der Waals surface area contributed by atoms with Gasteiger partial charge in [-0.1, -0.05) is 18.2 Å². The van der Waals surface area contributed by atoms with Crippen LogP contribution < -0.4 is 5.32 Å². The van der Waals surface area contributed by atoms with Gasteiger partial charge in [0.25, 0.3) is 0 Å². The van der Waals surface area contributed by atoms with Gasteiger partial charge in [-0.2, -0.15) is 0 Å². The molecular weight excluding hydrogens is 250 g/mol. The average Bonchev–Trinajstić information content (AvgIpc) is 2.53. The second-order valence-corrected chi connectivity index (χ2v) is 4.97. The molecule has 0 amide bonds. The summed E-state index contributed by atoms with van der Waals surface area (Å²) in [4.78, 5) is 11.6. The Balaban J connectivity index is 1.98. The van der Waals surface area contributed by atoms with Crippen LogP contribution in [0.2, 0.25) is 0 Å². The van der Waals surface area contributed by atoms with Crippen molar-refractivity contribution in [2.75, 3.05) is 19.0 Å². The van der Waals surface area contributed by atoms with Crippen LogP contribution in [0.1, 0.15) is 22.3 Å². The van der Waals surface area contributed by atoms with Crippen molar-refractivity contribution in [3.8, 4) is 11.1 Å². The highest BCUT2D eigenvalue weighted by atomic mass is 16.5. The molecule has 1 aliphatic heterocycles. The molecule has 2 aromatic carbocycles. The van der Waals surface area contributed by atoms with Crippen molar-refractivity contribution < 1.29 is 9.53 Å². The van der Waals surface area contributed by atoms with E-state index in [0.717, 1.165) is 24.1 Å². The number of benzene rings is 2. The summed E-state index contributed by atoms with van der Waals surface area (Å²) in [5.41, 5.74) is 5.33. The molecular formula is C17H17NO2. The molecule has 0 unspecified atom stereocenters. The van der Waals surface area contributed by atoms with Crippen LogP contribution in [0, 0.1) is 0 Å². The first kappa shape index (κ1) is 12.7. The molecule has 0 saturated carbocycles. The number of hydrogen-bond donors (Lipinski definition) is 1. The number of nitrogens with one attached hydrogen (secondary N) is 1. The van der Waals surface area contributed by atoms with Crippen LogP contribution in [-0.2, 0) is 11.2 Å². The van der Waals surface area contributed by atoms with Crippen molar-refractivity contribution in [3.05, 3.63) is 53.6 Å². The Labute approximate surface area is 118 Å². The molecule has 0 aromatic heterocycles. The number of esters is 1. The normalized spacial score (nSPS) is 13.2. The zero-order valence-electron chi connectivity index (χ0n) is 11.5. The highest BCUT2D eigenvalue weighted by molar-refractivity contribution is 5.91. The third-order valence-electron chi connectivity index (χ3n) is 3.66. The first-order valence-electron chi connectivity index (χ1n) is 6.83. The molecule has 0 bridgehead atoms. The molecule has 3 heteroatoms. The van der Waals surface area contributed by atoms with Gasteiger partial charge < -0.3 is 10.1 Å². The number of hydrogen-bond acceptors (Lipinski definition) is 3. The van der Waals surface area contributed by atoms with Gasteiger partial charge in [0.1, 0.15) is 0 Å². The molecule has 0 saturated heterocycles. The fraction of sp³-hybridized carbons (Fsp3) is 0.235. The van der Waals surface area contributed by atoms with E-state index in [1.165, 1.54) is 24.8 Å². The lowest BCUT2D eigenvalue weighted by Gasteiger charge is -2.18. The largest absolute Gasteiger partial charge is 0.465 e. The third-order valence-corrected chi connectivity index (χ3v) is 3.66. The molecule has 20 heavy (non-hydrogen) atoms. The van der Waals surface area contributed by atoms with Crippen molar-refractivity contribution >= 4 is 11.7 Å². The van der Waals surface area contributed by atoms with E-state index >= 15 is 0 Å².